The molecule has 2 unspecified atom stereocenters. The van der Waals surface area contributed by atoms with E-state index in [2.05, 4.69) is 11.9 Å². The number of hydrogen-bond donors (Lipinski definition) is 2. The molecule has 0 fully saturated rings. The highest BCUT2D eigenvalue weighted by Crippen LogP contribution is 1.98. The van der Waals surface area contributed by atoms with Crippen LogP contribution < -0.4 is 5.32 Å². The van der Waals surface area contributed by atoms with Crippen LogP contribution in [0.2, 0.25) is 0 Å². The van der Waals surface area contributed by atoms with E-state index in [0.717, 1.165) is 18.9 Å². The lowest BCUT2D eigenvalue weighted by atomic mass is 10.3. The lowest BCUT2D eigenvalue weighted by molar-refractivity contribution is -0.125. The zero-order valence-corrected chi connectivity index (χ0v) is 8.82. The Bertz CT molecular complexity index is 180. The fourth-order valence-electron chi connectivity index (χ4n) is 0.855. The fraction of sp³-hybridized carbons (Fsp3) is 0.700. The Kier molecular flexibility index (Phi) is 7.06. The van der Waals surface area contributed by atoms with E-state index in [4.69, 9.17) is 4.74 Å². The second-order valence-corrected chi connectivity index (χ2v) is 3.10. The molecule has 0 saturated carbocycles. The molecule has 0 aromatic heterocycles. The van der Waals surface area contributed by atoms with Crippen LogP contribution in [0.25, 0.3) is 0 Å². The standard InChI is InChI=1S/C10H19NO3/c1-4-6-7-14-10(8(3)12)11-9(13)5-2/h5,8,10,12H,2,4,6-7H2,1,3H3,(H,11,13). The smallest absolute Gasteiger partial charge is 0.245 e. The normalized spacial score (nSPS) is 14.5. The lowest BCUT2D eigenvalue weighted by Crippen LogP contribution is -2.43. The number of aliphatic hydroxyl groups is 1. The quantitative estimate of drug-likeness (QED) is 0.364. The largest absolute Gasteiger partial charge is 0.389 e. The SMILES string of the molecule is C=CC(=O)NC(OCCCC)C(C)O. The molecule has 82 valence electrons. The molecule has 2 atom stereocenters. The summed E-state index contributed by atoms with van der Waals surface area (Å²) < 4.78 is 5.29. The van der Waals surface area contributed by atoms with Crippen molar-refractivity contribution < 1.29 is 14.6 Å². The van der Waals surface area contributed by atoms with Gasteiger partial charge in [-0.2, -0.15) is 0 Å². The summed E-state index contributed by atoms with van der Waals surface area (Å²) in [6, 6.07) is 0. The van der Waals surface area contributed by atoms with Gasteiger partial charge in [-0.15, -0.1) is 0 Å². The Balaban J connectivity index is 3.89. The average Bonchev–Trinajstić information content (AvgIpc) is 2.16. The summed E-state index contributed by atoms with van der Waals surface area (Å²) in [7, 11) is 0. The molecule has 0 saturated heterocycles. The Hall–Kier alpha value is -0.870. The van der Waals surface area contributed by atoms with Crippen molar-refractivity contribution in [1.29, 1.82) is 0 Å². The van der Waals surface area contributed by atoms with E-state index in [1.54, 1.807) is 6.92 Å². The molecule has 4 heteroatoms. The molecule has 1 amide bonds. The summed E-state index contributed by atoms with van der Waals surface area (Å²) in [6.45, 7) is 7.47. The third kappa shape index (κ3) is 5.72. The molecule has 2 N–H and O–H groups in total. The summed E-state index contributed by atoms with van der Waals surface area (Å²) in [5.74, 6) is -0.340. The number of aliphatic hydroxyl groups excluding tert-OH is 1. The first-order valence-electron chi connectivity index (χ1n) is 4.84. The summed E-state index contributed by atoms with van der Waals surface area (Å²) in [6.07, 6.45) is 1.70. The zero-order chi connectivity index (χ0) is 11.0. The zero-order valence-electron chi connectivity index (χ0n) is 8.82. The number of amides is 1. The van der Waals surface area contributed by atoms with Gasteiger partial charge in [0.25, 0.3) is 0 Å². The van der Waals surface area contributed by atoms with Crippen molar-refractivity contribution in [1.82, 2.24) is 5.32 Å². The molecule has 0 aromatic rings. The van der Waals surface area contributed by atoms with Gasteiger partial charge < -0.3 is 15.2 Å². The van der Waals surface area contributed by atoms with Crippen molar-refractivity contribution >= 4 is 5.91 Å². The van der Waals surface area contributed by atoms with Crippen molar-refractivity contribution in [2.45, 2.75) is 39.0 Å². The van der Waals surface area contributed by atoms with Gasteiger partial charge in [0.2, 0.25) is 5.91 Å². The van der Waals surface area contributed by atoms with Gasteiger partial charge in [0.1, 0.15) is 0 Å². The van der Waals surface area contributed by atoms with Crippen LogP contribution in [0.1, 0.15) is 26.7 Å². The number of nitrogens with one attached hydrogen (secondary N) is 1. The van der Waals surface area contributed by atoms with Crippen LogP contribution in [-0.4, -0.2) is 30.0 Å². The summed E-state index contributed by atoms with van der Waals surface area (Å²) in [4.78, 5) is 10.9. The van der Waals surface area contributed by atoms with Crippen LogP contribution in [-0.2, 0) is 9.53 Å². The van der Waals surface area contributed by atoms with Crippen LogP contribution in [0.15, 0.2) is 12.7 Å². The molecule has 0 aromatic carbocycles. The molecule has 0 radical (unpaired) electrons. The molecule has 0 aliphatic rings. The van der Waals surface area contributed by atoms with Crippen LogP contribution in [0.3, 0.4) is 0 Å². The molecule has 0 aliphatic heterocycles. The Morgan fingerprint density at radius 2 is 2.36 bits per heavy atom. The molecule has 0 rings (SSSR count). The third-order valence-electron chi connectivity index (χ3n) is 1.70. The van der Waals surface area contributed by atoms with Crippen molar-refractivity contribution in [3.63, 3.8) is 0 Å². The topological polar surface area (TPSA) is 58.6 Å². The van der Waals surface area contributed by atoms with E-state index >= 15 is 0 Å². The van der Waals surface area contributed by atoms with E-state index < -0.39 is 12.3 Å². The monoisotopic (exact) mass is 201 g/mol. The fourth-order valence-corrected chi connectivity index (χ4v) is 0.855. The highest BCUT2D eigenvalue weighted by molar-refractivity contribution is 5.86. The Morgan fingerprint density at radius 3 is 2.79 bits per heavy atom. The van der Waals surface area contributed by atoms with Crippen molar-refractivity contribution in [3.8, 4) is 0 Å². The first-order chi connectivity index (χ1) is 6.61. The number of ether oxygens (including phenoxy) is 1. The van der Waals surface area contributed by atoms with Crippen molar-refractivity contribution in [2.75, 3.05) is 6.61 Å². The van der Waals surface area contributed by atoms with E-state index in [1.165, 1.54) is 0 Å². The van der Waals surface area contributed by atoms with Crippen LogP contribution in [0.5, 0.6) is 0 Å². The van der Waals surface area contributed by atoms with Gasteiger partial charge in [-0.1, -0.05) is 19.9 Å². The molecule has 14 heavy (non-hydrogen) atoms. The van der Waals surface area contributed by atoms with Crippen molar-refractivity contribution in [3.05, 3.63) is 12.7 Å². The third-order valence-corrected chi connectivity index (χ3v) is 1.70. The number of carbonyl (C=O) groups excluding carboxylic acids is 1. The van der Waals surface area contributed by atoms with E-state index in [0.29, 0.717) is 6.61 Å². The van der Waals surface area contributed by atoms with Gasteiger partial charge in [0, 0.05) is 6.61 Å². The average molecular weight is 201 g/mol. The molecule has 0 aliphatic carbocycles. The maximum Gasteiger partial charge on any atom is 0.245 e. The summed E-state index contributed by atoms with van der Waals surface area (Å²) >= 11 is 0. The number of unbranched alkanes of at least 4 members (excludes halogenated alkanes) is 1. The van der Waals surface area contributed by atoms with E-state index in [9.17, 15) is 9.90 Å². The summed E-state index contributed by atoms with van der Waals surface area (Å²) in [5, 5.41) is 11.8. The Morgan fingerprint density at radius 1 is 1.71 bits per heavy atom. The second-order valence-electron chi connectivity index (χ2n) is 3.10. The minimum Gasteiger partial charge on any atom is -0.389 e. The van der Waals surface area contributed by atoms with Gasteiger partial charge in [0.05, 0.1) is 6.10 Å². The van der Waals surface area contributed by atoms with Gasteiger partial charge in [-0.3, -0.25) is 4.79 Å². The predicted octanol–water partition coefficient (Wildman–Crippen LogP) is 0.812. The number of carbonyl (C=O) groups is 1. The van der Waals surface area contributed by atoms with Gasteiger partial charge in [0.15, 0.2) is 6.23 Å². The first-order valence-corrected chi connectivity index (χ1v) is 4.84. The highest BCUT2D eigenvalue weighted by atomic mass is 16.5. The minimum atomic E-state index is -0.726. The van der Waals surface area contributed by atoms with Crippen LogP contribution in [0.4, 0.5) is 0 Å². The van der Waals surface area contributed by atoms with E-state index in [1.807, 2.05) is 6.92 Å². The molecular weight excluding hydrogens is 182 g/mol. The van der Waals surface area contributed by atoms with Crippen LogP contribution in [0, 0.1) is 0 Å². The molecular formula is C10H19NO3. The molecule has 0 spiro atoms. The number of rotatable bonds is 7. The van der Waals surface area contributed by atoms with Gasteiger partial charge >= 0.3 is 0 Å². The molecule has 4 nitrogen and oxygen atoms in total. The maximum atomic E-state index is 10.9. The van der Waals surface area contributed by atoms with Crippen molar-refractivity contribution in [2.24, 2.45) is 0 Å². The minimum absolute atomic E-state index is 0.340. The summed E-state index contributed by atoms with van der Waals surface area (Å²) in [5.41, 5.74) is 0. The lowest BCUT2D eigenvalue weighted by Gasteiger charge is -2.20. The predicted molar refractivity (Wildman–Crippen MR) is 54.7 cm³/mol. The van der Waals surface area contributed by atoms with Gasteiger partial charge in [-0.25, -0.2) is 0 Å². The van der Waals surface area contributed by atoms with Crippen LogP contribution >= 0.6 is 0 Å². The first kappa shape index (κ1) is 13.1. The molecule has 0 bridgehead atoms. The highest BCUT2D eigenvalue weighted by Gasteiger charge is 2.16. The molecule has 0 heterocycles. The Labute approximate surface area is 85.0 Å². The maximum absolute atomic E-state index is 10.9. The van der Waals surface area contributed by atoms with E-state index in [-0.39, 0.29) is 5.91 Å². The van der Waals surface area contributed by atoms with Gasteiger partial charge in [-0.05, 0) is 19.4 Å². The second kappa shape index (κ2) is 7.53. The number of hydrogen-bond acceptors (Lipinski definition) is 3.